The highest BCUT2D eigenvalue weighted by Gasteiger charge is 2.16. The molecule has 0 aliphatic rings. The van der Waals surface area contributed by atoms with Crippen LogP contribution in [0.5, 0.6) is 5.75 Å². The van der Waals surface area contributed by atoms with E-state index < -0.39 is 0 Å². The van der Waals surface area contributed by atoms with Gasteiger partial charge in [-0.05, 0) is 38.4 Å². The number of nitrogens with zero attached hydrogens (tertiary/aromatic N) is 2. The van der Waals surface area contributed by atoms with Gasteiger partial charge >= 0.3 is 0 Å². The normalized spacial score (nSPS) is 10.8. The molecule has 0 saturated carbocycles. The Labute approximate surface area is 134 Å². The summed E-state index contributed by atoms with van der Waals surface area (Å²) in [5.41, 5.74) is 1.64. The summed E-state index contributed by atoms with van der Waals surface area (Å²) in [4.78, 5) is 19.0. The Morgan fingerprint density at radius 3 is 2.55 bits per heavy atom. The van der Waals surface area contributed by atoms with Crippen molar-refractivity contribution in [3.63, 3.8) is 0 Å². The van der Waals surface area contributed by atoms with Gasteiger partial charge in [-0.15, -0.1) is 0 Å². The Morgan fingerprint density at radius 2 is 2.00 bits per heavy atom. The van der Waals surface area contributed by atoms with Crippen LogP contribution in [0.25, 0.3) is 11.3 Å². The molecule has 0 atom stereocenters. The van der Waals surface area contributed by atoms with E-state index in [-0.39, 0.29) is 5.78 Å². The van der Waals surface area contributed by atoms with Crippen LogP contribution < -0.4 is 10.1 Å². The fourth-order valence-electron chi connectivity index (χ4n) is 1.92. The Morgan fingerprint density at radius 1 is 1.32 bits per heavy atom. The number of rotatable bonds is 7. The van der Waals surface area contributed by atoms with Crippen LogP contribution >= 0.6 is 11.3 Å². The van der Waals surface area contributed by atoms with Crippen molar-refractivity contribution >= 4 is 22.3 Å². The van der Waals surface area contributed by atoms with E-state index >= 15 is 0 Å². The van der Waals surface area contributed by atoms with Crippen molar-refractivity contribution in [3.05, 3.63) is 29.1 Å². The molecule has 1 heterocycles. The van der Waals surface area contributed by atoms with Gasteiger partial charge < -0.3 is 15.0 Å². The van der Waals surface area contributed by atoms with Crippen molar-refractivity contribution in [1.29, 1.82) is 0 Å². The van der Waals surface area contributed by atoms with Gasteiger partial charge in [0.1, 0.15) is 12.4 Å². The number of hydrogen-bond acceptors (Lipinski definition) is 6. The fraction of sp³-hybridized carbons (Fsp3) is 0.375. The van der Waals surface area contributed by atoms with Gasteiger partial charge in [0.05, 0.1) is 10.6 Å². The predicted molar refractivity (Wildman–Crippen MR) is 91.2 cm³/mol. The van der Waals surface area contributed by atoms with Crippen LogP contribution in [-0.2, 0) is 0 Å². The molecule has 0 aliphatic carbocycles. The number of aromatic nitrogens is 1. The SMILES string of the molecule is CNc1nc(-c2ccc(OCCN(C)C)cc2)c(C(C)=O)s1. The molecule has 0 spiro atoms. The van der Waals surface area contributed by atoms with Crippen LogP contribution in [0.1, 0.15) is 16.6 Å². The zero-order valence-electron chi connectivity index (χ0n) is 13.3. The van der Waals surface area contributed by atoms with E-state index in [4.69, 9.17) is 4.74 Å². The zero-order valence-corrected chi connectivity index (χ0v) is 14.2. The number of ether oxygens (including phenoxy) is 1. The smallest absolute Gasteiger partial charge is 0.183 e. The van der Waals surface area contributed by atoms with Crippen LogP contribution in [0.2, 0.25) is 0 Å². The first-order chi connectivity index (χ1) is 10.5. The van der Waals surface area contributed by atoms with Crippen LogP contribution in [-0.4, -0.2) is 50.0 Å². The maximum absolute atomic E-state index is 11.8. The Balaban J connectivity index is 2.16. The highest BCUT2D eigenvalue weighted by molar-refractivity contribution is 7.18. The molecule has 0 radical (unpaired) electrons. The number of benzene rings is 1. The lowest BCUT2D eigenvalue weighted by molar-refractivity contribution is 0.102. The number of ketones is 1. The highest BCUT2D eigenvalue weighted by Crippen LogP contribution is 2.32. The summed E-state index contributed by atoms with van der Waals surface area (Å²) < 4.78 is 5.67. The first kappa shape index (κ1) is 16.5. The van der Waals surface area contributed by atoms with Crippen LogP contribution in [0.15, 0.2) is 24.3 Å². The van der Waals surface area contributed by atoms with Crippen LogP contribution in [0, 0.1) is 0 Å². The monoisotopic (exact) mass is 319 g/mol. The van der Waals surface area contributed by atoms with Gasteiger partial charge in [0.2, 0.25) is 0 Å². The lowest BCUT2D eigenvalue weighted by Crippen LogP contribution is -2.19. The third kappa shape index (κ3) is 4.05. The van der Waals surface area contributed by atoms with Crippen LogP contribution in [0.3, 0.4) is 0 Å². The van der Waals surface area contributed by atoms with Gasteiger partial charge in [-0.3, -0.25) is 4.79 Å². The van der Waals surface area contributed by atoms with E-state index in [0.717, 1.165) is 28.7 Å². The summed E-state index contributed by atoms with van der Waals surface area (Å²) in [6, 6.07) is 7.69. The van der Waals surface area contributed by atoms with Gasteiger partial charge in [0.15, 0.2) is 10.9 Å². The molecule has 1 N–H and O–H groups in total. The van der Waals surface area contributed by atoms with E-state index in [1.54, 1.807) is 14.0 Å². The molecular formula is C16H21N3O2S. The highest BCUT2D eigenvalue weighted by atomic mass is 32.1. The molecule has 6 heteroatoms. The molecule has 0 amide bonds. The maximum Gasteiger partial charge on any atom is 0.183 e. The summed E-state index contributed by atoms with van der Waals surface area (Å²) in [7, 11) is 5.82. The summed E-state index contributed by atoms with van der Waals surface area (Å²) in [6.45, 7) is 3.08. The number of nitrogens with one attached hydrogen (secondary N) is 1. The molecule has 0 saturated heterocycles. The molecule has 0 bridgehead atoms. The maximum atomic E-state index is 11.8. The molecule has 2 aromatic rings. The summed E-state index contributed by atoms with van der Waals surface area (Å²) in [6.07, 6.45) is 0. The summed E-state index contributed by atoms with van der Waals surface area (Å²) >= 11 is 1.38. The third-order valence-corrected chi connectivity index (χ3v) is 4.27. The van der Waals surface area contributed by atoms with Gasteiger partial charge in [0, 0.05) is 26.1 Å². The number of anilines is 1. The van der Waals surface area contributed by atoms with Crippen molar-refractivity contribution in [1.82, 2.24) is 9.88 Å². The number of carbonyl (C=O) groups is 1. The molecule has 22 heavy (non-hydrogen) atoms. The Kier molecular flexibility index (Phi) is 5.51. The lowest BCUT2D eigenvalue weighted by Gasteiger charge is -2.11. The molecular weight excluding hydrogens is 298 g/mol. The average molecular weight is 319 g/mol. The first-order valence-electron chi connectivity index (χ1n) is 7.08. The van der Waals surface area contributed by atoms with E-state index in [0.29, 0.717) is 11.5 Å². The standard InChI is InChI=1S/C16H21N3O2S/c1-11(20)15-14(18-16(17-2)22-15)12-5-7-13(8-6-12)21-10-9-19(3)4/h5-8H,9-10H2,1-4H3,(H,17,18). The lowest BCUT2D eigenvalue weighted by atomic mass is 10.1. The molecule has 0 aliphatic heterocycles. The van der Waals surface area contributed by atoms with Gasteiger partial charge in [-0.1, -0.05) is 11.3 Å². The van der Waals surface area contributed by atoms with E-state index in [1.807, 2.05) is 38.4 Å². The van der Waals surface area contributed by atoms with Crippen LogP contribution in [0.4, 0.5) is 5.13 Å². The van der Waals surface area contributed by atoms with Gasteiger partial charge in [0.25, 0.3) is 0 Å². The van der Waals surface area contributed by atoms with Crippen molar-refractivity contribution in [3.8, 4) is 17.0 Å². The third-order valence-electron chi connectivity index (χ3n) is 3.10. The summed E-state index contributed by atoms with van der Waals surface area (Å²) in [5.74, 6) is 0.847. The minimum Gasteiger partial charge on any atom is -0.492 e. The Hall–Kier alpha value is -1.92. The van der Waals surface area contributed by atoms with Crippen molar-refractivity contribution < 1.29 is 9.53 Å². The Bertz CT molecular complexity index is 635. The van der Waals surface area contributed by atoms with E-state index in [9.17, 15) is 4.79 Å². The summed E-state index contributed by atoms with van der Waals surface area (Å²) in [5, 5.41) is 3.73. The molecule has 118 valence electrons. The minimum atomic E-state index is 0.0281. The van der Waals surface area contributed by atoms with Crippen molar-refractivity contribution in [2.45, 2.75) is 6.92 Å². The number of Topliss-reactive ketones (excluding diaryl/α,β-unsaturated/α-hetero) is 1. The molecule has 1 aromatic heterocycles. The molecule has 2 rings (SSSR count). The number of carbonyl (C=O) groups excluding carboxylic acids is 1. The number of likely N-dealkylation sites (N-methyl/N-ethyl adjacent to an activating group) is 1. The van der Waals surface area contributed by atoms with E-state index in [1.165, 1.54) is 11.3 Å². The van der Waals surface area contributed by atoms with Crippen molar-refractivity contribution in [2.75, 3.05) is 39.6 Å². The minimum absolute atomic E-state index is 0.0281. The van der Waals surface area contributed by atoms with E-state index in [2.05, 4.69) is 15.2 Å². The zero-order chi connectivity index (χ0) is 16.1. The van der Waals surface area contributed by atoms with Crippen molar-refractivity contribution in [2.24, 2.45) is 0 Å². The molecule has 5 nitrogen and oxygen atoms in total. The predicted octanol–water partition coefficient (Wildman–Crippen LogP) is 2.99. The molecule has 0 unspecified atom stereocenters. The second-order valence-corrected chi connectivity index (χ2v) is 6.18. The second-order valence-electron chi connectivity index (χ2n) is 5.18. The quantitative estimate of drug-likeness (QED) is 0.795. The van der Waals surface area contributed by atoms with Gasteiger partial charge in [-0.25, -0.2) is 4.98 Å². The first-order valence-corrected chi connectivity index (χ1v) is 7.90. The molecule has 1 aromatic carbocycles. The molecule has 0 fully saturated rings. The number of hydrogen-bond donors (Lipinski definition) is 1. The fourth-order valence-corrected chi connectivity index (χ4v) is 2.75. The second kappa shape index (κ2) is 7.38. The topological polar surface area (TPSA) is 54.5 Å². The average Bonchev–Trinajstić information content (AvgIpc) is 2.92. The number of thiazole rings is 1. The van der Waals surface area contributed by atoms with Gasteiger partial charge in [-0.2, -0.15) is 0 Å². The largest absolute Gasteiger partial charge is 0.492 e.